The van der Waals surface area contributed by atoms with Gasteiger partial charge in [0.15, 0.2) is 0 Å². The molecule has 1 N–H and O–H groups in total. The summed E-state index contributed by atoms with van der Waals surface area (Å²) in [7, 11) is 0. The van der Waals surface area contributed by atoms with Crippen molar-refractivity contribution >= 4 is 50.8 Å². The lowest BCUT2D eigenvalue weighted by molar-refractivity contribution is -0.129. The summed E-state index contributed by atoms with van der Waals surface area (Å²) in [6, 6.07) is 15.1. The number of para-hydroxylation sites is 1. The Morgan fingerprint density at radius 3 is 2.50 bits per heavy atom. The fourth-order valence-electron chi connectivity index (χ4n) is 3.45. The van der Waals surface area contributed by atoms with E-state index in [2.05, 4.69) is 32.4 Å². The second-order valence-electron chi connectivity index (χ2n) is 6.88. The van der Waals surface area contributed by atoms with Gasteiger partial charge in [0.25, 0.3) is 11.8 Å². The molecule has 150 valence electrons. The van der Waals surface area contributed by atoms with Crippen molar-refractivity contribution in [1.82, 2.24) is 14.8 Å². The fraction of sp³-hybridized carbons (Fsp3) is 0.0870. The molecule has 7 heteroatoms. The Labute approximate surface area is 181 Å². The maximum Gasteiger partial charge on any atom is 0.331 e. The third kappa shape index (κ3) is 3.71. The number of nitrogens with zero attached hydrogens (tertiary/aromatic N) is 2. The average molecular weight is 464 g/mol. The van der Waals surface area contributed by atoms with E-state index in [0.29, 0.717) is 6.54 Å². The van der Waals surface area contributed by atoms with E-state index in [1.165, 1.54) is 6.08 Å². The van der Waals surface area contributed by atoms with E-state index < -0.39 is 17.8 Å². The van der Waals surface area contributed by atoms with Gasteiger partial charge in [0.2, 0.25) is 0 Å². The van der Waals surface area contributed by atoms with E-state index in [0.717, 1.165) is 31.4 Å². The lowest BCUT2D eigenvalue weighted by Gasteiger charge is -2.25. The summed E-state index contributed by atoms with van der Waals surface area (Å²) >= 11 is 3.44. The van der Waals surface area contributed by atoms with Gasteiger partial charge in [0.1, 0.15) is 5.57 Å². The van der Waals surface area contributed by atoms with E-state index in [1.807, 2.05) is 54.7 Å². The zero-order valence-corrected chi connectivity index (χ0v) is 17.6. The Kier molecular flexibility index (Phi) is 5.37. The number of benzene rings is 2. The molecule has 4 rings (SSSR count). The summed E-state index contributed by atoms with van der Waals surface area (Å²) in [4.78, 5) is 38.0. The first-order valence-corrected chi connectivity index (χ1v) is 10.1. The van der Waals surface area contributed by atoms with Crippen LogP contribution in [-0.2, 0) is 16.1 Å². The lowest BCUT2D eigenvalue weighted by atomic mass is 10.1. The number of urea groups is 1. The number of hydrogen-bond donors (Lipinski definition) is 1. The lowest BCUT2D eigenvalue weighted by Crippen LogP contribution is -2.54. The van der Waals surface area contributed by atoms with Crippen LogP contribution in [0.3, 0.4) is 0 Å². The molecule has 1 aliphatic heterocycles. The number of amides is 4. The van der Waals surface area contributed by atoms with Crippen LogP contribution in [0.25, 0.3) is 17.0 Å². The summed E-state index contributed by atoms with van der Waals surface area (Å²) in [5.41, 5.74) is 2.75. The second kappa shape index (κ2) is 8.12. The van der Waals surface area contributed by atoms with Crippen LogP contribution in [0.15, 0.2) is 77.4 Å². The third-order valence-electron chi connectivity index (χ3n) is 4.88. The molecule has 0 bridgehead atoms. The van der Waals surface area contributed by atoms with E-state index in [4.69, 9.17) is 0 Å². The molecule has 1 fully saturated rings. The summed E-state index contributed by atoms with van der Waals surface area (Å²) in [5, 5.41) is 3.13. The molecule has 1 aromatic heterocycles. The van der Waals surface area contributed by atoms with E-state index in [9.17, 15) is 14.4 Å². The summed E-state index contributed by atoms with van der Waals surface area (Å²) in [5.74, 6) is -1.33. The van der Waals surface area contributed by atoms with Gasteiger partial charge in [-0.2, -0.15) is 0 Å². The highest BCUT2D eigenvalue weighted by molar-refractivity contribution is 9.10. The van der Waals surface area contributed by atoms with Crippen LogP contribution in [0, 0.1) is 0 Å². The van der Waals surface area contributed by atoms with Crippen molar-refractivity contribution in [2.45, 2.75) is 6.54 Å². The number of carbonyl (C=O) groups excluding carboxylic acids is 3. The van der Waals surface area contributed by atoms with Crippen molar-refractivity contribution in [3.05, 3.63) is 88.6 Å². The van der Waals surface area contributed by atoms with Gasteiger partial charge in [-0.3, -0.25) is 19.8 Å². The molecule has 0 atom stereocenters. The maximum absolute atomic E-state index is 12.7. The number of aromatic nitrogens is 1. The molecule has 2 heterocycles. The van der Waals surface area contributed by atoms with E-state index in [1.54, 1.807) is 6.08 Å². The van der Waals surface area contributed by atoms with Crippen molar-refractivity contribution < 1.29 is 14.4 Å². The molecule has 0 aliphatic carbocycles. The SMILES string of the molecule is C=CCN1C(=O)NC(=O)C(=Cc2cn(Cc3ccc(Br)cc3)c3ccccc23)C1=O. The quantitative estimate of drug-likeness (QED) is 0.351. The Balaban J connectivity index is 1.76. The van der Waals surface area contributed by atoms with Gasteiger partial charge < -0.3 is 4.57 Å². The van der Waals surface area contributed by atoms with Gasteiger partial charge in [-0.25, -0.2) is 4.79 Å². The third-order valence-corrected chi connectivity index (χ3v) is 5.41. The molecule has 0 unspecified atom stereocenters. The zero-order valence-electron chi connectivity index (χ0n) is 16.0. The van der Waals surface area contributed by atoms with E-state index >= 15 is 0 Å². The predicted octanol–water partition coefficient (Wildman–Crippen LogP) is 4.10. The number of rotatable bonds is 5. The number of hydrogen-bond acceptors (Lipinski definition) is 3. The van der Waals surface area contributed by atoms with Crippen LogP contribution in [0.4, 0.5) is 4.79 Å². The monoisotopic (exact) mass is 463 g/mol. The standard InChI is InChI=1S/C23H18BrN3O3/c1-2-11-27-22(29)19(21(28)25-23(27)30)12-16-14-26(20-6-4-3-5-18(16)20)13-15-7-9-17(24)10-8-15/h2-10,12,14H,1,11,13H2,(H,25,28,30). The minimum absolute atomic E-state index is 0.0284. The first kappa shape index (κ1) is 19.8. The smallest absolute Gasteiger partial charge is 0.331 e. The molecule has 6 nitrogen and oxygen atoms in total. The number of nitrogens with one attached hydrogen (secondary N) is 1. The van der Waals surface area contributed by atoms with Crippen LogP contribution in [-0.4, -0.2) is 33.9 Å². The van der Waals surface area contributed by atoms with Gasteiger partial charge in [0, 0.05) is 40.2 Å². The molecule has 0 saturated carbocycles. The van der Waals surface area contributed by atoms with Crippen molar-refractivity contribution in [2.75, 3.05) is 6.54 Å². The Morgan fingerprint density at radius 2 is 1.77 bits per heavy atom. The molecule has 4 amide bonds. The van der Waals surface area contributed by atoms with Crippen LogP contribution < -0.4 is 5.32 Å². The molecule has 3 aromatic rings. The van der Waals surface area contributed by atoms with Crippen LogP contribution >= 0.6 is 15.9 Å². The Morgan fingerprint density at radius 1 is 1.03 bits per heavy atom. The van der Waals surface area contributed by atoms with Crippen LogP contribution in [0.1, 0.15) is 11.1 Å². The molecule has 0 spiro atoms. The van der Waals surface area contributed by atoms with Gasteiger partial charge in [-0.05, 0) is 29.8 Å². The molecule has 1 saturated heterocycles. The Bertz CT molecular complexity index is 1210. The van der Waals surface area contributed by atoms with Crippen LogP contribution in [0.5, 0.6) is 0 Å². The predicted molar refractivity (Wildman–Crippen MR) is 119 cm³/mol. The first-order valence-electron chi connectivity index (χ1n) is 9.30. The van der Waals surface area contributed by atoms with Crippen LogP contribution in [0.2, 0.25) is 0 Å². The molecular formula is C23H18BrN3O3. The highest BCUT2D eigenvalue weighted by Crippen LogP contribution is 2.26. The maximum atomic E-state index is 12.7. The number of imide groups is 2. The second-order valence-corrected chi connectivity index (χ2v) is 7.79. The van der Waals surface area contributed by atoms with E-state index in [-0.39, 0.29) is 12.1 Å². The highest BCUT2D eigenvalue weighted by Gasteiger charge is 2.35. The number of fused-ring (bicyclic) bond motifs is 1. The largest absolute Gasteiger partial charge is 0.342 e. The summed E-state index contributed by atoms with van der Waals surface area (Å²) in [6.07, 6.45) is 4.89. The topological polar surface area (TPSA) is 71.4 Å². The normalized spacial score (nSPS) is 15.7. The minimum Gasteiger partial charge on any atom is -0.342 e. The molecule has 30 heavy (non-hydrogen) atoms. The number of halogens is 1. The molecule has 0 radical (unpaired) electrons. The first-order chi connectivity index (χ1) is 14.5. The van der Waals surface area contributed by atoms with Crippen molar-refractivity contribution in [1.29, 1.82) is 0 Å². The van der Waals surface area contributed by atoms with Crippen molar-refractivity contribution in [2.24, 2.45) is 0 Å². The van der Waals surface area contributed by atoms with Crippen molar-refractivity contribution in [3.63, 3.8) is 0 Å². The average Bonchev–Trinajstić information content (AvgIpc) is 3.07. The summed E-state index contributed by atoms with van der Waals surface area (Å²) in [6.45, 7) is 4.22. The number of barbiturate groups is 1. The number of carbonyl (C=O) groups is 3. The van der Waals surface area contributed by atoms with Gasteiger partial charge in [-0.15, -0.1) is 6.58 Å². The zero-order chi connectivity index (χ0) is 21.3. The fourth-order valence-corrected chi connectivity index (χ4v) is 3.72. The van der Waals surface area contributed by atoms with Crippen molar-refractivity contribution in [3.8, 4) is 0 Å². The Hall–Kier alpha value is -3.45. The highest BCUT2D eigenvalue weighted by atomic mass is 79.9. The molecular weight excluding hydrogens is 446 g/mol. The van der Waals surface area contributed by atoms with Gasteiger partial charge in [0.05, 0.1) is 0 Å². The summed E-state index contributed by atoms with van der Waals surface area (Å²) < 4.78 is 3.08. The molecule has 2 aromatic carbocycles. The van der Waals surface area contributed by atoms with Gasteiger partial charge in [-0.1, -0.05) is 52.3 Å². The molecule has 1 aliphatic rings. The van der Waals surface area contributed by atoms with Gasteiger partial charge >= 0.3 is 6.03 Å². The minimum atomic E-state index is -0.736.